The third-order valence-electron chi connectivity index (χ3n) is 5.43. The van der Waals surface area contributed by atoms with Gasteiger partial charge in [0.2, 0.25) is 0 Å². The van der Waals surface area contributed by atoms with Gasteiger partial charge in [-0.05, 0) is 31.5 Å². The molecule has 0 aliphatic rings. The number of anilines is 1. The lowest BCUT2D eigenvalue weighted by Crippen LogP contribution is -2.20. The summed E-state index contributed by atoms with van der Waals surface area (Å²) < 4.78 is 47.9. The summed E-state index contributed by atoms with van der Waals surface area (Å²) in [7, 11) is -5.58. The average molecular weight is 504 g/mol. The topological polar surface area (TPSA) is 139 Å². The van der Waals surface area contributed by atoms with Crippen molar-refractivity contribution in [1.82, 2.24) is 9.97 Å². The number of carbonyl (C=O) groups excluding carboxylic acids is 1. The van der Waals surface area contributed by atoms with E-state index < -0.39 is 22.4 Å². The van der Waals surface area contributed by atoms with E-state index in [9.17, 15) is 17.8 Å². The van der Waals surface area contributed by atoms with Gasteiger partial charge in [-0.1, -0.05) is 42.0 Å². The highest BCUT2D eigenvalue weighted by Crippen LogP contribution is 2.54. The number of benzene rings is 2. The highest BCUT2D eigenvalue weighted by molar-refractivity contribution is 7.98. The van der Waals surface area contributed by atoms with Crippen LogP contribution in [0.15, 0.2) is 59.6 Å². The third-order valence-corrected chi connectivity index (χ3v) is 10.8. The molecule has 0 saturated carbocycles. The Kier molecular flexibility index (Phi) is 7.67. The molecule has 3 aromatic rings. The summed E-state index contributed by atoms with van der Waals surface area (Å²) in [4.78, 5) is 19.9. The van der Waals surface area contributed by atoms with Crippen LogP contribution >= 0.6 is 7.60 Å². The average Bonchev–Trinajstić information content (AvgIpc) is 2.84. The Balaban J connectivity index is 1.82. The number of aromatic nitrogens is 2. The van der Waals surface area contributed by atoms with Crippen molar-refractivity contribution in [2.75, 3.05) is 20.0 Å². The van der Waals surface area contributed by atoms with Crippen molar-refractivity contribution in [3.63, 3.8) is 0 Å². The fourth-order valence-electron chi connectivity index (χ4n) is 3.27. The van der Waals surface area contributed by atoms with Crippen molar-refractivity contribution in [3.05, 3.63) is 71.5 Å². The number of carbonyl (C=O) groups is 1. The molecular weight excluding hydrogens is 477 g/mol. The Bertz CT molecular complexity index is 1330. The van der Waals surface area contributed by atoms with E-state index in [1.807, 2.05) is 31.2 Å². The van der Waals surface area contributed by atoms with E-state index in [4.69, 9.17) is 14.8 Å². The maximum absolute atomic E-state index is 12.9. The zero-order valence-corrected chi connectivity index (χ0v) is 21.0. The van der Waals surface area contributed by atoms with Gasteiger partial charge in [0.25, 0.3) is 0 Å². The number of sulfone groups is 1. The normalized spacial score (nSPS) is 12.9. The smallest absolute Gasteiger partial charge is 0.348 e. The molecule has 0 amide bonds. The predicted molar refractivity (Wildman–Crippen MR) is 129 cm³/mol. The summed E-state index contributed by atoms with van der Waals surface area (Å²) in [5.74, 6) is -0.338. The Morgan fingerprint density at radius 2 is 1.65 bits per heavy atom. The van der Waals surface area contributed by atoms with E-state index in [0.29, 0.717) is 11.3 Å². The van der Waals surface area contributed by atoms with Gasteiger partial charge in [-0.3, -0.25) is 9.36 Å². The molecule has 11 heteroatoms. The zero-order valence-electron chi connectivity index (χ0n) is 19.3. The maximum atomic E-state index is 12.9. The van der Waals surface area contributed by atoms with Crippen molar-refractivity contribution in [2.45, 2.75) is 30.2 Å². The van der Waals surface area contributed by atoms with Crippen LogP contribution in [0.1, 0.15) is 28.5 Å². The van der Waals surface area contributed by atoms with Crippen LogP contribution in [0, 0.1) is 6.92 Å². The molecule has 0 saturated heterocycles. The standard InChI is InChI=1S/C23H26N3O6PS/c1-15-5-9-18(10-6-15)20-14-25-23(24)22(26-20)21(27)13-17-7-11-19(12-8-17)34(29,30)16(2)33(28,31-3)32-4/h5-12,14,16H,13H2,1-4H3,(H2,24,25). The van der Waals surface area contributed by atoms with Crippen LogP contribution in [0.25, 0.3) is 11.3 Å². The van der Waals surface area contributed by atoms with Crippen molar-refractivity contribution < 1.29 is 26.8 Å². The summed E-state index contributed by atoms with van der Waals surface area (Å²) >= 11 is 0. The number of hydrogen-bond acceptors (Lipinski definition) is 9. The monoisotopic (exact) mass is 503 g/mol. The fourth-order valence-corrected chi connectivity index (χ4v) is 7.16. The van der Waals surface area contributed by atoms with Gasteiger partial charge in [-0.25, -0.2) is 18.4 Å². The van der Waals surface area contributed by atoms with Gasteiger partial charge in [-0.2, -0.15) is 0 Å². The molecule has 0 bridgehead atoms. The molecule has 34 heavy (non-hydrogen) atoms. The quantitative estimate of drug-likeness (QED) is 0.338. The van der Waals surface area contributed by atoms with Gasteiger partial charge in [0.05, 0.1) is 16.8 Å². The molecule has 1 aromatic heterocycles. The number of nitrogens with two attached hydrogens (primary N) is 1. The number of nitrogen functional groups attached to an aromatic ring is 1. The van der Waals surface area contributed by atoms with Crippen LogP contribution in [0.3, 0.4) is 0 Å². The van der Waals surface area contributed by atoms with Gasteiger partial charge in [0, 0.05) is 26.2 Å². The number of rotatable bonds is 9. The second-order valence-corrected chi connectivity index (χ2v) is 12.9. The highest BCUT2D eigenvalue weighted by atomic mass is 32.2. The van der Waals surface area contributed by atoms with Crippen LogP contribution < -0.4 is 5.73 Å². The van der Waals surface area contributed by atoms with Gasteiger partial charge in [0.1, 0.15) is 5.69 Å². The van der Waals surface area contributed by atoms with Crippen LogP contribution in [0.2, 0.25) is 0 Å². The van der Waals surface area contributed by atoms with Crippen molar-refractivity contribution in [1.29, 1.82) is 0 Å². The Morgan fingerprint density at radius 1 is 1.06 bits per heavy atom. The molecule has 2 aromatic carbocycles. The largest absolute Gasteiger partial charge is 0.382 e. The van der Waals surface area contributed by atoms with Crippen molar-refractivity contribution in [2.24, 2.45) is 0 Å². The molecule has 0 aliphatic heterocycles. The Morgan fingerprint density at radius 3 is 2.21 bits per heavy atom. The number of ketones is 1. The molecule has 9 nitrogen and oxygen atoms in total. The number of Topliss-reactive ketones (excluding diaryl/α,β-unsaturated/α-hetero) is 1. The summed E-state index contributed by atoms with van der Waals surface area (Å²) in [5, 5.41) is 0. The Labute approximate surface area is 198 Å². The number of nitrogens with zero attached hydrogens (tertiary/aromatic N) is 2. The summed E-state index contributed by atoms with van der Waals surface area (Å²) in [5.41, 5.74) is 8.93. The van der Waals surface area contributed by atoms with Gasteiger partial charge >= 0.3 is 7.60 Å². The number of hydrogen-bond donors (Lipinski definition) is 1. The molecule has 0 radical (unpaired) electrons. The Hall–Kier alpha value is -2.91. The van der Waals surface area contributed by atoms with Gasteiger partial charge < -0.3 is 14.8 Å². The van der Waals surface area contributed by atoms with E-state index >= 15 is 0 Å². The summed E-state index contributed by atoms with van der Waals surface area (Å²) in [6.07, 6.45) is 1.46. The first-order valence-electron chi connectivity index (χ1n) is 10.3. The second-order valence-electron chi connectivity index (χ2n) is 7.65. The van der Waals surface area contributed by atoms with E-state index in [1.165, 1.54) is 37.4 Å². The van der Waals surface area contributed by atoms with E-state index in [2.05, 4.69) is 9.97 Å². The zero-order chi connectivity index (χ0) is 25.1. The van der Waals surface area contributed by atoms with E-state index in [-0.39, 0.29) is 28.6 Å². The molecule has 3 rings (SSSR count). The molecule has 0 fully saturated rings. The van der Waals surface area contributed by atoms with Crippen LogP contribution in [0.4, 0.5) is 5.82 Å². The van der Waals surface area contributed by atoms with Crippen LogP contribution in [-0.4, -0.2) is 43.4 Å². The predicted octanol–water partition coefficient (Wildman–Crippen LogP) is 4.07. The second kappa shape index (κ2) is 10.1. The summed E-state index contributed by atoms with van der Waals surface area (Å²) in [6.45, 7) is 3.24. The first kappa shape index (κ1) is 25.7. The SMILES string of the molecule is COP(=O)(OC)C(C)S(=O)(=O)c1ccc(CC(=O)c2nc(-c3ccc(C)cc3)cnc2N)cc1. The fraction of sp³-hybridized carbons (Fsp3) is 0.261. The van der Waals surface area contributed by atoms with Crippen molar-refractivity contribution in [3.8, 4) is 11.3 Å². The molecule has 1 unspecified atom stereocenters. The van der Waals surface area contributed by atoms with Crippen LogP contribution in [0.5, 0.6) is 0 Å². The third kappa shape index (κ3) is 5.26. The lowest BCUT2D eigenvalue weighted by Gasteiger charge is -2.21. The summed E-state index contributed by atoms with van der Waals surface area (Å²) in [6, 6.07) is 13.4. The lowest BCUT2D eigenvalue weighted by atomic mass is 10.1. The molecular formula is C23H26N3O6PS. The highest BCUT2D eigenvalue weighted by Gasteiger charge is 2.41. The molecule has 0 spiro atoms. The maximum Gasteiger partial charge on any atom is 0.348 e. The van der Waals surface area contributed by atoms with Gasteiger partial charge in [0.15, 0.2) is 26.4 Å². The first-order valence-corrected chi connectivity index (χ1v) is 13.4. The number of aryl methyl sites for hydroxylation is 1. The minimum atomic E-state index is -4.00. The van der Waals surface area contributed by atoms with Crippen LogP contribution in [-0.2, 0) is 29.9 Å². The molecule has 180 valence electrons. The molecule has 1 heterocycles. The van der Waals surface area contributed by atoms with E-state index in [1.54, 1.807) is 0 Å². The first-order chi connectivity index (χ1) is 16.0. The van der Waals surface area contributed by atoms with Crippen molar-refractivity contribution >= 4 is 29.0 Å². The van der Waals surface area contributed by atoms with E-state index in [0.717, 1.165) is 25.3 Å². The molecule has 1 atom stereocenters. The molecule has 0 aliphatic carbocycles. The lowest BCUT2D eigenvalue weighted by molar-refractivity contribution is 0.0989. The molecule has 2 N–H and O–H groups in total. The minimum Gasteiger partial charge on any atom is -0.382 e. The minimum absolute atomic E-state index is 0.0174. The van der Waals surface area contributed by atoms with Gasteiger partial charge in [-0.15, -0.1) is 0 Å².